The van der Waals surface area contributed by atoms with Crippen LogP contribution in [0.25, 0.3) is 5.69 Å². The van der Waals surface area contributed by atoms with Crippen molar-refractivity contribution in [2.75, 3.05) is 19.6 Å². The van der Waals surface area contributed by atoms with Crippen LogP contribution in [-0.4, -0.2) is 48.0 Å². The summed E-state index contributed by atoms with van der Waals surface area (Å²) in [6, 6.07) is 18.5. The Kier molecular flexibility index (Phi) is 6.03. The molecule has 0 spiro atoms. The van der Waals surface area contributed by atoms with Crippen LogP contribution in [0.3, 0.4) is 0 Å². The molecule has 0 radical (unpaired) electrons. The number of amides is 1. The van der Waals surface area contributed by atoms with Crippen LogP contribution in [0.1, 0.15) is 41.0 Å². The van der Waals surface area contributed by atoms with Crippen molar-refractivity contribution in [3.8, 4) is 5.69 Å². The lowest BCUT2D eigenvalue weighted by Crippen LogP contribution is -2.41. The van der Waals surface area contributed by atoms with Crippen molar-refractivity contribution < 1.29 is 13.2 Å². The fourth-order valence-electron chi connectivity index (χ4n) is 4.82. The van der Waals surface area contributed by atoms with Gasteiger partial charge in [0.2, 0.25) is 10.0 Å². The summed E-state index contributed by atoms with van der Waals surface area (Å²) in [6.07, 6.45) is 4.29. The highest BCUT2D eigenvalue weighted by Crippen LogP contribution is 2.28. The fraction of sp³-hybridized carbons (Fsp3) is 0.360. The molecule has 1 aliphatic heterocycles. The average molecular weight is 465 g/mol. The normalized spacial score (nSPS) is 17.1. The zero-order chi connectivity index (χ0) is 22.8. The maximum atomic E-state index is 13.0. The highest BCUT2D eigenvalue weighted by molar-refractivity contribution is 7.89. The summed E-state index contributed by atoms with van der Waals surface area (Å²) in [5, 5.41) is 7.73. The lowest BCUT2D eigenvalue weighted by Gasteiger charge is -2.31. The Morgan fingerprint density at radius 2 is 1.64 bits per heavy atom. The molecule has 1 aliphatic carbocycles. The van der Waals surface area contributed by atoms with E-state index >= 15 is 0 Å². The van der Waals surface area contributed by atoms with E-state index in [1.807, 2.05) is 41.1 Å². The summed E-state index contributed by atoms with van der Waals surface area (Å²) < 4.78 is 29.1. The van der Waals surface area contributed by atoms with Crippen LogP contribution in [0.2, 0.25) is 0 Å². The van der Waals surface area contributed by atoms with E-state index in [0.717, 1.165) is 49.0 Å². The molecule has 5 rings (SSSR count). The van der Waals surface area contributed by atoms with Gasteiger partial charge in [0, 0.05) is 30.9 Å². The van der Waals surface area contributed by atoms with Crippen LogP contribution < -0.4 is 5.32 Å². The van der Waals surface area contributed by atoms with Crippen LogP contribution in [0.5, 0.6) is 0 Å². The van der Waals surface area contributed by atoms with Gasteiger partial charge in [-0.2, -0.15) is 9.40 Å². The Morgan fingerprint density at radius 3 is 2.33 bits per heavy atom. The number of aromatic nitrogens is 2. The molecule has 8 heteroatoms. The predicted molar refractivity (Wildman–Crippen MR) is 126 cm³/mol. The molecule has 1 aromatic heterocycles. The maximum absolute atomic E-state index is 13.0. The van der Waals surface area contributed by atoms with Crippen molar-refractivity contribution in [2.45, 2.75) is 37.0 Å². The topological polar surface area (TPSA) is 84.3 Å². The molecule has 0 unspecified atom stereocenters. The third kappa shape index (κ3) is 4.32. The summed E-state index contributed by atoms with van der Waals surface area (Å²) in [5.74, 6) is 0.114. The van der Waals surface area contributed by atoms with Gasteiger partial charge in [-0.3, -0.25) is 4.79 Å². The first kappa shape index (κ1) is 21.9. The van der Waals surface area contributed by atoms with E-state index in [-0.39, 0.29) is 11.8 Å². The van der Waals surface area contributed by atoms with Crippen molar-refractivity contribution in [3.63, 3.8) is 0 Å². The second kappa shape index (κ2) is 9.11. The molecule has 1 amide bonds. The number of para-hydroxylation sites is 1. The van der Waals surface area contributed by atoms with Crippen LogP contribution >= 0.6 is 0 Å². The number of piperidine rings is 1. The van der Waals surface area contributed by atoms with Gasteiger partial charge in [0.25, 0.3) is 5.91 Å². The van der Waals surface area contributed by atoms with Crippen LogP contribution in [0, 0.1) is 5.92 Å². The molecular weight excluding hydrogens is 436 g/mol. The van der Waals surface area contributed by atoms with Crippen molar-refractivity contribution >= 4 is 15.9 Å². The molecular formula is C25H28N4O3S. The van der Waals surface area contributed by atoms with Gasteiger partial charge in [0.05, 0.1) is 10.6 Å². The van der Waals surface area contributed by atoms with Crippen molar-refractivity contribution in [3.05, 3.63) is 77.6 Å². The largest absolute Gasteiger partial charge is 0.350 e. The van der Waals surface area contributed by atoms with Crippen LogP contribution in [0.15, 0.2) is 65.6 Å². The summed E-state index contributed by atoms with van der Waals surface area (Å²) >= 11 is 0. The Hall–Kier alpha value is -2.97. The van der Waals surface area contributed by atoms with Gasteiger partial charge in [-0.1, -0.05) is 36.4 Å². The number of rotatable bonds is 6. The number of carbonyl (C=O) groups is 1. The van der Waals surface area contributed by atoms with Gasteiger partial charge in [-0.05, 0) is 62.3 Å². The van der Waals surface area contributed by atoms with Gasteiger partial charge in [-0.15, -0.1) is 0 Å². The first-order valence-corrected chi connectivity index (χ1v) is 13.0. The SMILES string of the molecule is O=C(NCC1CCN(S(=O)(=O)c2ccccc2)CC1)c1nn(-c2ccccc2)c2c1CCC2. The van der Waals surface area contributed by atoms with Gasteiger partial charge in [-0.25, -0.2) is 13.1 Å². The Balaban J connectivity index is 1.21. The average Bonchev–Trinajstić information content (AvgIpc) is 3.47. The van der Waals surface area contributed by atoms with E-state index in [1.54, 1.807) is 28.6 Å². The van der Waals surface area contributed by atoms with Gasteiger partial charge in [0.15, 0.2) is 5.69 Å². The third-order valence-electron chi connectivity index (χ3n) is 6.65. The van der Waals surface area contributed by atoms with Crippen molar-refractivity contribution in [2.24, 2.45) is 5.92 Å². The Labute approximate surface area is 194 Å². The number of fused-ring (bicyclic) bond motifs is 1. The van der Waals surface area contributed by atoms with Crippen molar-refractivity contribution in [1.29, 1.82) is 0 Å². The molecule has 7 nitrogen and oxygen atoms in total. The number of nitrogens with zero attached hydrogens (tertiary/aromatic N) is 3. The number of carbonyl (C=O) groups excluding carboxylic acids is 1. The van der Waals surface area contributed by atoms with E-state index in [1.165, 1.54) is 0 Å². The molecule has 172 valence electrons. The molecule has 0 saturated carbocycles. The van der Waals surface area contributed by atoms with E-state index < -0.39 is 10.0 Å². The quantitative estimate of drug-likeness (QED) is 0.607. The molecule has 1 fully saturated rings. The molecule has 33 heavy (non-hydrogen) atoms. The molecule has 2 aromatic carbocycles. The number of hydrogen-bond acceptors (Lipinski definition) is 4. The summed E-state index contributed by atoms with van der Waals surface area (Å²) in [5.41, 5.74) is 3.68. The molecule has 0 bridgehead atoms. The molecule has 2 heterocycles. The number of nitrogens with one attached hydrogen (secondary N) is 1. The molecule has 1 saturated heterocycles. The third-order valence-corrected chi connectivity index (χ3v) is 8.56. The summed E-state index contributed by atoms with van der Waals surface area (Å²) in [4.78, 5) is 13.3. The van der Waals surface area contributed by atoms with E-state index in [4.69, 9.17) is 0 Å². The molecule has 1 N–H and O–H groups in total. The molecule has 3 aromatic rings. The zero-order valence-corrected chi connectivity index (χ0v) is 19.3. The zero-order valence-electron chi connectivity index (χ0n) is 18.5. The monoisotopic (exact) mass is 464 g/mol. The van der Waals surface area contributed by atoms with Gasteiger partial charge < -0.3 is 5.32 Å². The predicted octanol–water partition coefficient (Wildman–Crippen LogP) is 3.19. The van der Waals surface area contributed by atoms with Gasteiger partial charge >= 0.3 is 0 Å². The standard InChI is InChI=1S/C25H28N4O3S/c30-25(24-22-12-7-13-23(22)29(27-24)20-8-3-1-4-9-20)26-18-19-14-16-28(17-15-19)33(31,32)21-10-5-2-6-11-21/h1-6,8-11,19H,7,12-18H2,(H,26,30). The lowest BCUT2D eigenvalue weighted by molar-refractivity contribution is 0.0935. The van der Waals surface area contributed by atoms with Crippen LogP contribution in [0.4, 0.5) is 0 Å². The Bertz CT molecular complexity index is 1230. The summed E-state index contributed by atoms with van der Waals surface area (Å²) in [6.45, 7) is 1.47. The van der Waals surface area contributed by atoms with Crippen molar-refractivity contribution in [1.82, 2.24) is 19.4 Å². The first-order chi connectivity index (χ1) is 16.0. The van der Waals surface area contributed by atoms with E-state index in [9.17, 15) is 13.2 Å². The fourth-order valence-corrected chi connectivity index (χ4v) is 6.31. The number of benzene rings is 2. The van der Waals surface area contributed by atoms with E-state index in [2.05, 4.69) is 10.4 Å². The second-order valence-corrected chi connectivity index (χ2v) is 10.7. The smallest absolute Gasteiger partial charge is 0.272 e. The maximum Gasteiger partial charge on any atom is 0.272 e. The highest BCUT2D eigenvalue weighted by atomic mass is 32.2. The molecule has 2 aliphatic rings. The number of sulfonamides is 1. The van der Waals surface area contributed by atoms with E-state index in [0.29, 0.717) is 30.2 Å². The minimum absolute atomic E-state index is 0.137. The second-order valence-electron chi connectivity index (χ2n) is 8.75. The number of hydrogen-bond donors (Lipinski definition) is 1. The highest BCUT2D eigenvalue weighted by Gasteiger charge is 2.30. The minimum atomic E-state index is -3.46. The Morgan fingerprint density at radius 1 is 0.970 bits per heavy atom. The molecule has 0 atom stereocenters. The van der Waals surface area contributed by atoms with Crippen LogP contribution in [-0.2, 0) is 22.9 Å². The van der Waals surface area contributed by atoms with Gasteiger partial charge in [0.1, 0.15) is 0 Å². The minimum Gasteiger partial charge on any atom is -0.350 e. The lowest BCUT2D eigenvalue weighted by atomic mass is 9.98. The summed E-state index contributed by atoms with van der Waals surface area (Å²) in [7, 11) is -3.46. The first-order valence-electron chi connectivity index (χ1n) is 11.5.